The average Bonchev–Trinajstić information content (AvgIpc) is 2.65. The molecule has 1 heterocycles. The fourth-order valence-electron chi connectivity index (χ4n) is 2.43. The molecule has 1 aliphatic rings. The molecule has 0 spiro atoms. The summed E-state index contributed by atoms with van der Waals surface area (Å²) in [6.45, 7) is 0.583. The van der Waals surface area contributed by atoms with Crippen molar-refractivity contribution in [2.24, 2.45) is 4.99 Å². The second-order valence-electron chi connectivity index (χ2n) is 5.34. The maximum absolute atomic E-state index is 14.1. The van der Waals surface area contributed by atoms with Crippen molar-refractivity contribution in [2.45, 2.75) is 12.8 Å². The number of anilines is 1. The lowest BCUT2D eigenvalue weighted by atomic mass is 9.96. The summed E-state index contributed by atoms with van der Waals surface area (Å²) in [6, 6.07) is 9.79. The molecule has 0 saturated heterocycles. The SMILES string of the molecule is CC(F)(F)c1ccc2c(c1)C(c1ccccc1F)=NCC(=O)N2. The summed E-state index contributed by atoms with van der Waals surface area (Å²) >= 11 is 0. The van der Waals surface area contributed by atoms with Gasteiger partial charge in [-0.1, -0.05) is 18.2 Å². The van der Waals surface area contributed by atoms with Crippen LogP contribution in [0.15, 0.2) is 47.5 Å². The number of hydrogen-bond donors (Lipinski definition) is 1. The molecule has 118 valence electrons. The molecule has 23 heavy (non-hydrogen) atoms. The van der Waals surface area contributed by atoms with E-state index < -0.39 is 11.7 Å². The fraction of sp³-hybridized carbons (Fsp3) is 0.176. The fourth-order valence-corrected chi connectivity index (χ4v) is 2.43. The number of halogens is 3. The van der Waals surface area contributed by atoms with E-state index in [2.05, 4.69) is 10.3 Å². The summed E-state index contributed by atoms with van der Waals surface area (Å²) in [4.78, 5) is 15.8. The molecule has 2 aromatic carbocycles. The molecule has 0 saturated carbocycles. The minimum atomic E-state index is -3.05. The zero-order chi connectivity index (χ0) is 16.6. The van der Waals surface area contributed by atoms with E-state index in [4.69, 9.17) is 0 Å². The lowest BCUT2D eigenvalue weighted by Crippen LogP contribution is -2.14. The van der Waals surface area contributed by atoms with Gasteiger partial charge in [0.2, 0.25) is 5.91 Å². The number of carbonyl (C=O) groups is 1. The van der Waals surface area contributed by atoms with Crippen LogP contribution in [0.4, 0.5) is 18.9 Å². The molecule has 1 N–H and O–H groups in total. The third-order valence-corrected chi connectivity index (χ3v) is 3.57. The highest BCUT2D eigenvalue weighted by Crippen LogP contribution is 2.32. The number of hydrogen-bond acceptors (Lipinski definition) is 2. The van der Waals surface area contributed by atoms with Crippen LogP contribution in [0.2, 0.25) is 0 Å². The van der Waals surface area contributed by atoms with E-state index in [0.29, 0.717) is 5.69 Å². The molecule has 3 nitrogen and oxygen atoms in total. The van der Waals surface area contributed by atoms with Gasteiger partial charge in [0, 0.05) is 23.6 Å². The Kier molecular flexibility index (Phi) is 3.67. The highest BCUT2D eigenvalue weighted by molar-refractivity contribution is 6.19. The van der Waals surface area contributed by atoms with Crippen molar-refractivity contribution in [1.82, 2.24) is 0 Å². The van der Waals surface area contributed by atoms with Crippen LogP contribution in [0.3, 0.4) is 0 Å². The zero-order valence-electron chi connectivity index (χ0n) is 12.2. The number of amides is 1. The first kappa shape index (κ1) is 15.3. The predicted octanol–water partition coefficient (Wildman–Crippen LogP) is 3.73. The second kappa shape index (κ2) is 5.53. The van der Waals surface area contributed by atoms with E-state index >= 15 is 0 Å². The van der Waals surface area contributed by atoms with Crippen molar-refractivity contribution in [2.75, 3.05) is 11.9 Å². The number of benzodiazepines with no additional fused rings is 1. The van der Waals surface area contributed by atoms with Crippen molar-refractivity contribution >= 4 is 17.3 Å². The molecule has 0 aliphatic carbocycles. The number of aliphatic imine (C=N–C) groups is 1. The number of rotatable bonds is 2. The Hall–Kier alpha value is -2.63. The number of carbonyl (C=O) groups excluding carboxylic acids is 1. The molecule has 3 rings (SSSR count). The molecule has 0 fully saturated rings. The largest absolute Gasteiger partial charge is 0.324 e. The van der Waals surface area contributed by atoms with Gasteiger partial charge in [0.15, 0.2) is 0 Å². The van der Waals surface area contributed by atoms with Crippen LogP contribution >= 0.6 is 0 Å². The number of fused-ring (bicyclic) bond motifs is 1. The molecule has 0 atom stereocenters. The number of alkyl halides is 2. The van der Waals surface area contributed by atoms with Crippen molar-refractivity contribution in [3.8, 4) is 0 Å². The Bertz CT molecular complexity index is 810. The van der Waals surface area contributed by atoms with E-state index in [-0.39, 0.29) is 34.9 Å². The maximum Gasteiger partial charge on any atom is 0.270 e. The predicted molar refractivity (Wildman–Crippen MR) is 81.5 cm³/mol. The summed E-state index contributed by atoms with van der Waals surface area (Å²) in [5.41, 5.74) is 0.739. The van der Waals surface area contributed by atoms with Crippen molar-refractivity contribution in [1.29, 1.82) is 0 Å². The van der Waals surface area contributed by atoms with Gasteiger partial charge in [-0.25, -0.2) is 13.2 Å². The van der Waals surface area contributed by atoms with Crippen LogP contribution < -0.4 is 5.32 Å². The van der Waals surface area contributed by atoms with Crippen molar-refractivity contribution in [3.05, 3.63) is 65.0 Å². The smallest absolute Gasteiger partial charge is 0.270 e. The Morgan fingerprint density at radius 2 is 1.87 bits per heavy atom. The van der Waals surface area contributed by atoms with E-state index in [1.54, 1.807) is 6.07 Å². The Morgan fingerprint density at radius 1 is 1.13 bits per heavy atom. The highest BCUT2D eigenvalue weighted by Gasteiger charge is 2.28. The second-order valence-corrected chi connectivity index (χ2v) is 5.34. The third-order valence-electron chi connectivity index (χ3n) is 3.57. The van der Waals surface area contributed by atoms with Gasteiger partial charge in [-0.15, -0.1) is 0 Å². The summed E-state index contributed by atoms with van der Waals surface area (Å²) in [5, 5.41) is 2.60. The molecule has 1 aliphatic heterocycles. The summed E-state index contributed by atoms with van der Waals surface area (Å²) in [7, 11) is 0. The van der Waals surface area contributed by atoms with E-state index in [1.807, 2.05) is 0 Å². The molecule has 0 unspecified atom stereocenters. The summed E-state index contributed by atoms with van der Waals surface area (Å²) in [5.74, 6) is -3.96. The van der Waals surface area contributed by atoms with Crippen LogP contribution in [0, 0.1) is 5.82 Å². The molecule has 1 amide bonds. The van der Waals surface area contributed by atoms with E-state index in [1.165, 1.54) is 36.4 Å². The van der Waals surface area contributed by atoms with Gasteiger partial charge in [-0.2, -0.15) is 0 Å². The molecular formula is C17H13F3N2O. The first-order valence-corrected chi connectivity index (χ1v) is 6.98. The number of nitrogens with one attached hydrogen (secondary N) is 1. The van der Waals surface area contributed by atoms with Crippen LogP contribution in [-0.4, -0.2) is 18.2 Å². The Balaban J connectivity index is 2.23. The lowest BCUT2D eigenvalue weighted by molar-refractivity contribution is -0.114. The molecule has 0 aromatic heterocycles. The van der Waals surface area contributed by atoms with Crippen molar-refractivity contribution < 1.29 is 18.0 Å². The van der Waals surface area contributed by atoms with Crippen LogP contribution in [0.25, 0.3) is 0 Å². The van der Waals surface area contributed by atoms with Gasteiger partial charge in [0.25, 0.3) is 5.92 Å². The molecule has 6 heteroatoms. The standard InChI is InChI=1S/C17H13F3N2O/c1-17(19,20)10-6-7-14-12(8-10)16(21-9-15(23)22-14)11-4-2-3-5-13(11)18/h2-8H,9H2,1H3,(H,22,23). The quantitative estimate of drug-likeness (QED) is 0.901. The van der Waals surface area contributed by atoms with Crippen LogP contribution in [-0.2, 0) is 10.7 Å². The Morgan fingerprint density at radius 3 is 2.57 bits per heavy atom. The number of nitrogens with zero attached hydrogens (tertiary/aromatic N) is 1. The third kappa shape index (κ3) is 2.97. The summed E-state index contributed by atoms with van der Waals surface area (Å²) < 4.78 is 41.3. The van der Waals surface area contributed by atoms with Crippen LogP contribution in [0.5, 0.6) is 0 Å². The topological polar surface area (TPSA) is 41.5 Å². The van der Waals surface area contributed by atoms with E-state index in [0.717, 1.165) is 6.92 Å². The monoisotopic (exact) mass is 318 g/mol. The van der Waals surface area contributed by atoms with Gasteiger partial charge >= 0.3 is 0 Å². The maximum atomic E-state index is 14.1. The van der Waals surface area contributed by atoms with Crippen LogP contribution in [0.1, 0.15) is 23.6 Å². The first-order chi connectivity index (χ1) is 10.9. The lowest BCUT2D eigenvalue weighted by Gasteiger charge is -2.16. The normalized spacial score (nSPS) is 14.6. The van der Waals surface area contributed by atoms with Gasteiger partial charge in [-0.3, -0.25) is 9.79 Å². The minimum absolute atomic E-state index is 0.168. The zero-order valence-corrected chi connectivity index (χ0v) is 12.2. The van der Waals surface area contributed by atoms with Gasteiger partial charge in [-0.05, 0) is 24.3 Å². The van der Waals surface area contributed by atoms with Gasteiger partial charge in [0.05, 0.1) is 11.4 Å². The molecule has 0 radical (unpaired) electrons. The number of benzene rings is 2. The van der Waals surface area contributed by atoms with Gasteiger partial charge in [0.1, 0.15) is 12.4 Å². The molecule has 2 aromatic rings. The highest BCUT2D eigenvalue weighted by atomic mass is 19.3. The van der Waals surface area contributed by atoms with Crippen molar-refractivity contribution in [3.63, 3.8) is 0 Å². The van der Waals surface area contributed by atoms with E-state index in [9.17, 15) is 18.0 Å². The average molecular weight is 318 g/mol. The molecule has 0 bridgehead atoms. The molecular weight excluding hydrogens is 305 g/mol. The van der Waals surface area contributed by atoms with Gasteiger partial charge < -0.3 is 5.32 Å². The summed E-state index contributed by atoms with van der Waals surface area (Å²) in [6.07, 6.45) is 0. The first-order valence-electron chi connectivity index (χ1n) is 6.98. The Labute approximate surface area is 130 Å². The minimum Gasteiger partial charge on any atom is -0.324 e.